The predicted molar refractivity (Wildman–Crippen MR) is 233 cm³/mol. The van der Waals surface area contributed by atoms with E-state index in [2.05, 4.69) is 175 Å². The molecule has 57 heavy (non-hydrogen) atoms. The van der Waals surface area contributed by atoms with Crippen LogP contribution in [0.25, 0.3) is 83.9 Å². The molecule has 0 spiro atoms. The number of rotatable bonds is 6. The highest BCUT2D eigenvalue weighted by molar-refractivity contribution is 6.11. The number of aromatic nitrogens is 4. The van der Waals surface area contributed by atoms with Crippen molar-refractivity contribution >= 4 is 21.8 Å². The molecule has 10 aromatic rings. The lowest BCUT2D eigenvalue weighted by Crippen LogP contribution is -2.22. The summed E-state index contributed by atoms with van der Waals surface area (Å²) in [6, 6.07) is 71.1. The number of hydrogen-bond acceptors (Lipinski definition) is 3. The molecule has 8 aromatic carbocycles. The first-order valence-corrected chi connectivity index (χ1v) is 19.4. The maximum atomic E-state index is 5.06. The minimum Gasteiger partial charge on any atom is -0.309 e. The Morgan fingerprint density at radius 3 is 1.53 bits per heavy atom. The van der Waals surface area contributed by atoms with Crippen molar-refractivity contribution in [1.29, 1.82) is 0 Å². The first kappa shape index (κ1) is 33.0. The van der Waals surface area contributed by atoms with Gasteiger partial charge >= 0.3 is 0 Å². The number of hydrogen-bond donors (Lipinski definition) is 0. The average molecular weight is 729 g/mol. The zero-order valence-corrected chi connectivity index (χ0v) is 31.3. The van der Waals surface area contributed by atoms with Crippen LogP contribution in [0.4, 0.5) is 0 Å². The van der Waals surface area contributed by atoms with Crippen molar-refractivity contribution in [2.45, 2.75) is 12.3 Å². The molecule has 268 valence electrons. The van der Waals surface area contributed by atoms with Crippen molar-refractivity contribution < 1.29 is 0 Å². The van der Waals surface area contributed by atoms with Crippen LogP contribution in [0.5, 0.6) is 0 Å². The van der Waals surface area contributed by atoms with Crippen LogP contribution < -0.4 is 0 Å². The van der Waals surface area contributed by atoms with E-state index in [-0.39, 0.29) is 5.41 Å². The van der Waals surface area contributed by atoms with Crippen LogP contribution in [0, 0.1) is 0 Å². The third kappa shape index (κ3) is 5.33. The predicted octanol–water partition coefficient (Wildman–Crippen LogP) is 13.0. The van der Waals surface area contributed by atoms with Crippen molar-refractivity contribution in [3.05, 3.63) is 217 Å². The Bertz CT molecular complexity index is 3100. The molecule has 1 aliphatic carbocycles. The fourth-order valence-corrected chi connectivity index (χ4v) is 8.86. The molecule has 0 saturated carbocycles. The molecule has 0 amide bonds. The first-order valence-electron chi connectivity index (χ1n) is 19.4. The lowest BCUT2D eigenvalue weighted by molar-refractivity contribution is 0.715. The van der Waals surface area contributed by atoms with E-state index < -0.39 is 0 Å². The topological polar surface area (TPSA) is 43.6 Å². The molecule has 1 atom stereocenters. The maximum Gasteiger partial charge on any atom is 0.164 e. The van der Waals surface area contributed by atoms with Gasteiger partial charge in [-0.15, -0.1) is 0 Å². The summed E-state index contributed by atoms with van der Waals surface area (Å²) < 4.78 is 2.40. The summed E-state index contributed by atoms with van der Waals surface area (Å²) in [6.45, 7) is 2.38. The quantitative estimate of drug-likeness (QED) is 0.171. The van der Waals surface area contributed by atoms with E-state index in [9.17, 15) is 0 Å². The monoisotopic (exact) mass is 728 g/mol. The largest absolute Gasteiger partial charge is 0.309 e. The number of para-hydroxylation sites is 1. The molecule has 0 radical (unpaired) electrons. The van der Waals surface area contributed by atoms with Crippen molar-refractivity contribution in [3.63, 3.8) is 0 Å². The smallest absolute Gasteiger partial charge is 0.164 e. The highest BCUT2D eigenvalue weighted by Crippen LogP contribution is 2.54. The second-order valence-electron chi connectivity index (χ2n) is 15.0. The number of benzene rings is 8. The van der Waals surface area contributed by atoms with Gasteiger partial charge in [0.05, 0.1) is 11.0 Å². The second-order valence-corrected chi connectivity index (χ2v) is 15.0. The Morgan fingerprint density at radius 2 is 0.860 bits per heavy atom. The minimum absolute atomic E-state index is 0.266. The molecule has 2 heterocycles. The molecule has 4 heteroatoms. The number of fused-ring (bicyclic) bond motifs is 6. The van der Waals surface area contributed by atoms with Crippen LogP contribution in [0.15, 0.2) is 200 Å². The molecule has 4 nitrogen and oxygen atoms in total. The summed E-state index contributed by atoms with van der Waals surface area (Å²) in [7, 11) is 0. The van der Waals surface area contributed by atoms with Gasteiger partial charge in [0, 0.05) is 38.6 Å². The van der Waals surface area contributed by atoms with Crippen LogP contribution >= 0.6 is 0 Å². The van der Waals surface area contributed by atoms with Gasteiger partial charge in [0.25, 0.3) is 0 Å². The molecule has 1 unspecified atom stereocenters. The highest BCUT2D eigenvalue weighted by Gasteiger charge is 2.41. The summed E-state index contributed by atoms with van der Waals surface area (Å²) in [4.78, 5) is 15.1. The summed E-state index contributed by atoms with van der Waals surface area (Å²) in [5.74, 6) is 1.92. The molecule has 0 saturated heterocycles. The van der Waals surface area contributed by atoms with Gasteiger partial charge in [0.2, 0.25) is 0 Å². The van der Waals surface area contributed by atoms with Crippen LogP contribution in [0.3, 0.4) is 0 Å². The Labute approximate surface area is 331 Å². The van der Waals surface area contributed by atoms with E-state index in [4.69, 9.17) is 15.0 Å². The Morgan fingerprint density at radius 1 is 0.368 bits per heavy atom. The van der Waals surface area contributed by atoms with Crippen LogP contribution in [-0.2, 0) is 5.41 Å². The zero-order valence-electron chi connectivity index (χ0n) is 31.3. The zero-order chi connectivity index (χ0) is 37.9. The molecule has 0 N–H and O–H groups in total. The Balaban J connectivity index is 1.04. The van der Waals surface area contributed by atoms with Gasteiger partial charge in [0.1, 0.15) is 0 Å². The standard InChI is InChI=1S/C53H36N4/c1-53(40-19-9-4-10-20-40)46-23-13-11-21-42(46)44-34-49-45(33-47(44)53)43-22-12-14-24-48(43)57(49)41-31-29-39(30-32-41)52-55-50(37-17-7-3-8-18-37)54-51(56-52)38-27-25-36(26-28-38)35-15-5-2-6-16-35/h2-34H,1H3. The summed E-state index contributed by atoms with van der Waals surface area (Å²) in [5.41, 5.74) is 14.9. The van der Waals surface area contributed by atoms with Gasteiger partial charge in [-0.1, -0.05) is 158 Å². The van der Waals surface area contributed by atoms with Gasteiger partial charge < -0.3 is 4.57 Å². The van der Waals surface area contributed by atoms with Gasteiger partial charge in [-0.05, 0) is 88.3 Å². The van der Waals surface area contributed by atoms with Crippen LogP contribution in [0.2, 0.25) is 0 Å². The van der Waals surface area contributed by atoms with E-state index in [1.807, 2.05) is 36.4 Å². The summed E-state index contributed by atoms with van der Waals surface area (Å²) in [6.07, 6.45) is 0. The minimum atomic E-state index is -0.266. The number of nitrogens with zero attached hydrogens (tertiary/aromatic N) is 4. The molecule has 0 bridgehead atoms. The van der Waals surface area contributed by atoms with E-state index in [1.165, 1.54) is 55.2 Å². The van der Waals surface area contributed by atoms with Crippen LogP contribution in [-0.4, -0.2) is 19.5 Å². The van der Waals surface area contributed by atoms with Gasteiger partial charge in [0.15, 0.2) is 17.5 Å². The lowest BCUT2D eigenvalue weighted by Gasteiger charge is -2.28. The van der Waals surface area contributed by atoms with E-state index in [0.29, 0.717) is 17.5 Å². The summed E-state index contributed by atoms with van der Waals surface area (Å²) in [5, 5.41) is 2.48. The average Bonchev–Trinajstić information content (AvgIpc) is 3.75. The lowest BCUT2D eigenvalue weighted by atomic mass is 9.74. The Hall–Kier alpha value is -7.43. The molecule has 2 aromatic heterocycles. The molecule has 11 rings (SSSR count). The molecule has 0 aliphatic heterocycles. The third-order valence-corrected chi connectivity index (χ3v) is 11.8. The van der Waals surface area contributed by atoms with E-state index >= 15 is 0 Å². The summed E-state index contributed by atoms with van der Waals surface area (Å²) >= 11 is 0. The van der Waals surface area contributed by atoms with Gasteiger partial charge in [-0.25, -0.2) is 15.0 Å². The van der Waals surface area contributed by atoms with Crippen molar-refractivity contribution in [1.82, 2.24) is 19.5 Å². The normalized spacial score (nSPS) is 14.5. The van der Waals surface area contributed by atoms with E-state index in [1.54, 1.807) is 0 Å². The third-order valence-electron chi connectivity index (χ3n) is 11.8. The van der Waals surface area contributed by atoms with Crippen molar-refractivity contribution in [3.8, 4) is 62.1 Å². The fourth-order valence-electron chi connectivity index (χ4n) is 8.86. The Kier molecular flexibility index (Phi) is 7.58. The van der Waals surface area contributed by atoms with Gasteiger partial charge in [-0.3, -0.25) is 0 Å². The molecule has 0 fully saturated rings. The first-order chi connectivity index (χ1) is 28.1. The second kappa shape index (κ2) is 13.1. The van der Waals surface area contributed by atoms with Crippen molar-refractivity contribution in [2.75, 3.05) is 0 Å². The van der Waals surface area contributed by atoms with Crippen molar-refractivity contribution in [2.24, 2.45) is 0 Å². The van der Waals surface area contributed by atoms with Crippen LogP contribution in [0.1, 0.15) is 23.6 Å². The maximum absolute atomic E-state index is 5.06. The SMILES string of the molecule is CC1(c2ccccc2)c2ccccc2-c2cc3c(cc21)c1ccccc1n3-c1ccc(-c2nc(-c3ccccc3)nc(-c3ccc(-c4ccccc4)cc3)n2)cc1. The fraction of sp³-hybridized carbons (Fsp3) is 0.0377. The highest BCUT2D eigenvalue weighted by atomic mass is 15.0. The molecule has 1 aliphatic rings. The molecular formula is C53H36N4. The molecular weight excluding hydrogens is 693 g/mol. The van der Waals surface area contributed by atoms with E-state index in [0.717, 1.165) is 27.9 Å². The van der Waals surface area contributed by atoms with Gasteiger partial charge in [-0.2, -0.15) is 0 Å².